The van der Waals surface area contributed by atoms with Crippen LogP contribution in [-0.4, -0.2) is 36.4 Å². The van der Waals surface area contributed by atoms with Crippen molar-refractivity contribution in [1.82, 2.24) is 9.99 Å². The molecular formula is C24H20BrN3O5. The van der Waals surface area contributed by atoms with E-state index in [9.17, 15) is 9.59 Å². The molecule has 2 aromatic carbocycles. The fourth-order valence-corrected chi connectivity index (χ4v) is 3.50. The Balaban J connectivity index is 1.43. The number of esters is 1. The highest BCUT2D eigenvalue weighted by Crippen LogP contribution is 2.22. The molecule has 0 aliphatic carbocycles. The van der Waals surface area contributed by atoms with E-state index in [2.05, 4.69) is 31.2 Å². The van der Waals surface area contributed by atoms with Gasteiger partial charge in [-0.05, 0) is 42.5 Å². The van der Waals surface area contributed by atoms with Gasteiger partial charge in [-0.25, -0.2) is 10.2 Å². The van der Waals surface area contributed by atoms with Gasteiger partial charge in [-0.15, -0.1) is 0 Å². The molecule has 0 radical (unpaired) electrons. The third-order valence-corrected chi connectivity index (χ3v) is 5.30. The molecule has 1 N–H and O–H groups in total. The number of carbonyl (C=O) groups is 2. The Morgan fingerprint density at radius 2 is 1.91 bits per heavy atom. The number of aromatic nitrogens is 1. The van der Waals surface area contributed by atoms with Crippen LogP contribution < -0.4 is 10.2 Å². The van der Waals surface area contributed by atoms with Gasteiger partial charge >= 0.3 is 5.97 Å². The van der Waals surface area contributed by atoms with E-state index in [1.165, 1.54) is 7.11 Å². The van der Waals surface area contributed by atoms with Crippen LogP contribution in [0, 0.1) is 0 Å². The van der Waals surface area contributed by atoms with Crippen molar-refractivity contribution in [3.8, 4) is 5.75 Å². The number of amides is 1. The molecule has 4 aromatic rings. The van der Waals surface area contributed by atoms with E-state index < -0.39 is 5.97 Å². The number of methoxy groups -OCH3 is 1. The number of nitrogens with zero attached hydrogens (tertiary/aromatic N) is 2. The SMILES string of the molecule is COC(=O)c1ccc(Cn2cc(/C=N\NC(=O)COc3ccc(Br)cc3)c3ccccc32)o1. The van der Waals surface area contributed by atoms with Gasteiger partial charge in [0.2, 0.25) is 5.76 Å². The maximum atomic E-state index is 12.1. The second-order valence-electron chi connectivity index (χ2n) is 7.02. The van der Waals surface area contributed by atoms with Crippen molar-refractivity contribution in [1.29, 1.82) is 0 Å². The van der Waals surface area contributed by atoms with E-state index in [4.69, 9.17) is 9.15 Å². The standard InChI is InChI=1S/C24H20BrN3O5/c1-31-24(30)22-11-10-19(33-22)14-28-13-16(20-4-2-3-5-21(20)28)12-26-27-23(29)15-32-18-8-6-17(25)7-9-18/h2-13H,14-15H2,1H3,(H,27,29)/b26-12-. The minimum atomic E-state index is -0.522. The molecule has 0 fully saturated rings. The number of furan rings is 1. The fraction of sp³-hybridized carbons (Fsp3) is 0.125. The van der Waals surface area contributed by atoms with E-state index >= 15 is 0 Å². The average molecular weight is 510 g/mol. The van der Waals surface area contributed by atoms with E-state index in [1.807, 2.05) is 47.2 Å². The summed E-state index contributed by atoms with van der Waals surface area (Å²) in [5.74, 6) is 0.459. The highest BCUT2D eigenvalue weighted by molar-refractivity contribution is 9.10. The van der Waals surface area contributed by atoms with Crippen LogP contribution in [0.2, 0.25) is 0 Å². The van der Waals surface area contributed by atoms with E-state index in [0.717, 1.165) is 20.9 Å². The lowest BCUT2D eigenvalue weighted by molar-refractivity contribution is -0.123. The van der Waals surface area contributed by atoms with Crippen LogP contribution in [0.15, 0.2) is 80.9 Å². The van der Waals surface area contributed by atoms with E-state index in [1.54, 1.807) is 30.5 Å². The van der Waals surface area contributed by atoms with Crippen molar-refractivity contribution >= 4 is 44.9 Å². The molecule has 0 unspecified atom stereocenters. The number of fused-ring (bicyclic) bond motifs is 1. The molecule has 0 aliphatic rings. The first kappa shape index (κ1) is 22.3. The predicted octanol–water partition coefficient (Wildman–Crippen LogP) is 4.36. The maximum absolute atomic E-state index is 12.1. The Morgan fingerprint density at radius 1 is 1.12 bits per heavy atom. The Labute approximate surface area is 197 Å². The quantitative estimate of drug-likeness (QED) is 0.216. The van der Waals surface area contributed by atoms with Gasteiger partial charge in [-0.3, -0.25) is 4.79 Å². The topological polar surface area (TPSA) is 95.1 Å². The molecule has 0 bridgehead atoms. The molecular weight excluding hydrogens is 490 g/mol. The first-order valence-electron chi connectivity index (χ1n) is 9.98. The van der Waals surface area contributed by atoms with Gasteiger partial charge in [0.05, 0.1) is 19.9 Å². The third-order valence-electron chi connectivity index (χ3n) is 4.77. The summed E-state index contributed by atoms with van der Waals surface area (Å²) in [7, 11) is 1.31. The summed E-state index contributed by atoms with van der Waals surface area (Å²) < 4.78 is 18.6. The van der Waals surface area contributed by atoms with Crippen LogP contribution >= 0.6 is 15.9 Å². The number of para-hydroxylation sites is 1. The zero-order chi connectivity index (χ0) is 23.2. The van der Waals surface area contributed by atoms with Crippen molar-refractivity contribution in [3.05, 3.63) is 88.4 Å². The molecule has 0 atom stereocenters. The summed E-state index contributed by atoms with van der Waals surface area (Å²) in [6.07, 6.45) is 3.48. The normalized spacial score (nSPS) is 11.1. The van der Waals surface area contributed by atoms with Gasteiger partial charge in [0.1, 0.15) is 11.5 Å². The largest absolute Gasteiger partial charge is 0.484 e. The van der Waals surface area contributed by atoms with Crippen LogP contribution in [0.3, 0.4) is 0 Å². The Morgan fingerprint density at radius 3 is 2.70 bits per heavy atom. The molecule has 4 rings (SSSR count). The number of hydrazone groups is 1. The highest BCUT2D eigenvalue weighted by Gasteiger charge is 2.13. The van der Waals surface area contributed by atoms with Gasteiger partial charge in [0.25, 0.3) is 5.91 Å². The molecule has 8 nitrogen and oxygen atoms in total. The number of halogens is 1. The number of carbonyl (C=O) groups excluding carboxylic acids is 2. The number of hydrogen-bond donors (Lipinski definition) is 1. The summed E-state index contributed by atoms with van der Waals surface area (Å²) in [5.41, 5.74) is 4.25. The van der Waals surface area contributed by atoms with Crippen LogP contribution in [0.1, 0.15) is 21.9 Å². The minimum absolute atomic E-state index is 0.151. The van der Waals surface area contributed by atoms with Gasteiger partial charge in [0.15, 0.2) is 6.61 Å². The predicted molar refractivity (Wildman–Crippen MR) is 126 cm³/mol. The molecule has 33 heavy (non-hydrogen) atoms. The monoisotopic (exact) mass is 509 g/mol. The molecule has 2 heterocycles. The summed E-state index contributed by atoms with van der Waals surface area (Å²) in [6.45, 7) is 0.264. The Bertz CT molecular complexity index is 1310. The van der Waals surface area contributed by atoms with Crippen molar-refractivity contribution in [2.75, 3.05) is 13.7 Å². The van der Waals surface area contributed by atoms with Crippen LogP contribution in [0.5, 0.6) is 5.75 Å². The molecule has 0 saturated carbocycles. The minimum Gasteiger partial charge on any atom is -0.484 e. The molecule has 168 valence electrons. The molecule has 9 heteroatoms. The average Bonchev–Trinajstić information content (AvgIpc) is 3.44. The van der Waals surface area contributed by atoms with Gasteiger partial charge in [0, 0.05) is 27.1 Å². The summed E-state index contributed by atoms with van der Waals surface area (Å²) >= 11 is 3.35. The smallest absolute Gasteiger partial charge is 0.373 e. The Hall–Kier alpha value is -3.85. The van der Waals surface area contributed by atoms with Crippen LogP contribution in [0.25, 0.3) is 10.9 Å². The second-order valence-corrected chi connectivity index (χ2v) is 7.94. The Kier molecular flexibility index (Phi) is 6.89. The lowest BCUT2D eigenvalue weighted by Crippen LogP contribution is -2.24. The summed E-state index contributed by atoms with van der Waals surface area (Å²) in [6, 6.07) is 18.3. The lowest BCUT2D eigenvalue weighted by Gasteiger charge is -2.04. The number of nitrogens with one attached hydrogen (secondary N) is 1. The molecule has 2 aromatic heterocycles. The highest BCUT2D eigenvalue weighted by atomic mass is 79.9. The second kappa shape index (κ2) is 10.2. The summed E-state index contributed by atoms with van der Waals surface area (Å²) in [5, 5.41) is 5.03. The number of ether oxygens (including phenoxy) is 2. The van der Waals surface area contributed by atoms with E-state index in [-0.39, 0.29) is 18.3 Å². The van der Waals surface area contributed by atoms with Crippen molar-refractivity contribution in [2.24, 2.45) is 5.10 Å². The van der Waals surface area contributed by atoms with Crippen molar-refractivity contribution in [2.45, 2.75) is 6.54 Å². The van der Waals surface area contributed by atoms with Crippen molar-refractivity contribution < 1.29 is 23.5 Å². The number of hydrogen-bond acceptors (Lipinski definition) is 6. The van der Waals surface area contributed by atoms with Gasteiger partial charge in [-0.1, -0.05) is 34.1 Å². The maximum Gasteiger partial charge on any atom is 0.373 e. The molecule has 0 aliphatic heterocycles. The first-order valence-corrected chi connectivity index (χ1v) is 10.8. The number of rotatable bonds is 8. The van der Waals surface area contributed by atoms with Gasteiger partial charge < -0.3 is 18.5 Å². The number of benzene rings is 2. The zero-order valence-corrected chi connectivity index (χ0v) is 19.2. The zero-order valence-electron chi connectivity index (χ0n) is 17.7. The van der Waals surface area contributed by atoms with Crippen LogP contribution in [-0.2, 0) is 16.1 Å². The lowest BCUT2D eigenvalue weighted by atomic mass is 10.2. The molecule has 0 saturated heterocycles. The van der Waals surface area contributed by atoms with Crippen molar-refractivity contribution in [3.63, 3.8) is 0 Å². The van der Waals surface area contributed by atoms with E-state index in [0.29, 0.717) is 18.1 Å². The van der Waals surface area contributed by atoms with Gasteiger partial charge in [-0.2, -0.15) is 5.10 Å². The molecule has 0 spiro atoms. The fourth-order valence-electron chi connectivity index (χ4n) is 3.24. The first-order chi connectivity index (χ1) is 16.0. The van der Waals surface area contributed by atoms with Crippen LogP contribution in [0.4, 0.5) is 0 Å². The summed E-state index contributed by atoms with van der Waals surface area (Å²) in [4.78, 5) is 23.7. The third kappa shape index (κ3) is 5.50. The molecule has 1 amide bonds.